The maximum absolute atomic E-state index is 13.4. The minimum atomic E-state index is -2.57. The predicted octanol–water partition coefficient (Wildman–Crippen LogP) is 6.24. The lowest BCUT2D eigenvalue weighted by Gasteiger charge is -2.36. The number of rotatable bonds is 9. The van der Waals surface area contributed by atoms with Crippen molar-refractivity contribution >= 4 is 28.6 Å². The van der Waals surface area contributed by atoms with E-state index >= 15 is 0 Å². The van der Waals surface area contributed by atoms with Crippen LogP contribution in [0.25, 0.3) is 22.3 Å². The Morgan fingerprint density at radius 3 is 2.27 bits per heavy atom. The van der Waals surface area contributed by atoms with Crippen molar-refractivity contribution in [2.24, 2.45) is 5.92 Å². The summed E-state index contributed by atoms with van der Waals surface area (Å²) in [6.07, 6.45) is -1.50. The zero-order chi connectivity index (χ0) is 28.9. The van der Waals surface area contributed by atoms with Gasteiger partial charge in [0.2, 0.25) is 0 Å². The molecule has 7 nitrogen and oxygen atoms in total. The Kier molecular flexibility index (Phi) is 8.52. The van der Waals surface area contributed by atoms with Gasteiger partial charge in [-0.3, -0.25) is 9.59 Å². The molecule has 3 aromatic carbocycles. The van der Waals surface area contributed by atoms with Crippen LogP contribution >= 0.6 is 0 Å². The first-order valence-electron chi connectivity index (χ1n) is 13.8. The fraction of sp³-hybridized carbons (Fsp3) is 0.312. The van der Waals surface area contributed by atoms with Crippen molar-refractivity contribution < 1.29 is 23.5 Å². The Morgan fingerprint density at radius 2 is 1.61 bits per heavy atom. The number of carbonyl (C=O) groups excluding carboxylic acids is 1. The molecule has 1 unspecified atom stereocenters. The van der Waals surface area contributed by atoms with Crippen LogP contribution < -0.4 is 4.90 Å². The molecule has 1 N–H and O–H groups in total. The molecule has 0 radical (unpaired) electrons. The molecule has 1 amide bonds. The second-order valence-corrected chi connectivity index (χ2v) is 10.5. The Labute approximate surface area is 237 Å². The van der Waals surface area contributed by atoms with Gasteiger partial charge < -0.3 is 14.9 Å². The van der Waals surface area contributed by atoms with Crippen molar-refractivity contribution in [3.63, 3.8) is 0 Å². The summed E-state index contributed by atoms with van der Waals surface area (Å²) in [5, 5.41) is 9.16. The summed E-state index contributed by atoms with van der Waals surface area (Å²) in [5.41, 5.74) is 4.61. The summed E-state index contributed by atoms with van der Waals surface area (Å²) in [6, 6.07) is 21.4. The van der Waals surface area contributed by atoms with Crippen molar-refractivity contribution in [1.29, 1.82) is 0 Å². The third kappa shape index (κ3) is 6.67. The summed E-state index contributed by atoms with van der Waals surface area (Å²) in [5.74, 6) is -1.01. The highest BCUT2D eigenvalue weighted by Gasteiger charge is 2.23. The number of anilines is 1. The topological polar surface area (TPSA) is 86.6 Å². The van der Waals surface area contributed by atoms with Gasteiger partial charge in [0.25, 0.3) is 12.3 Å². The number of aliphatic carboxylic acids is 1. The zero-order valence-corrected chi connectivity index (χ0v) is 22.8. The number of carboxylic acid groups (broad SMARTS) is 1. The molecule has 1 saturated heterocycles. The second-order valence-electron chi connectivity index (χ2n) is 10.5. The van der Waals surface area contributed by atoms with E-state index in [1.54, 1.807) is 30.3 Å². The van der Waals surface area contributed by atoms with Crippen LogP contribution in [0.2, 0.25) is 0 Å². The molecule has 41 heavy (non-hydrogen) atoms. The number of halogens is 2. The molecule has 1 fully saturated rings. The molecular weight excluding hydrogens is 526 g/mol. The summed E-state index contributed by atoms with van der Waals surface area (Å²) in [6.45, 7) is 4.58. The molecule has 1 aliphatic rings. The molecule has 1 aromatic heterocycles. The van der Waals surface area contributed by atoms with Crippen LogP contribution in [0.3, 0.4) is 0 Å². The summed E-state index contributed by atoms with van der Waals surface area (Å²) < 4.78 is 26.3. The maximum Gasteiger partial charge on any atom is 0.303 e. The number of nitrogens with zero attached hydrogens (tertiary/aromatic N) is 4. The normalized spacial score (nSPS) is 14.4. The van der Waals surface area contributed by atoms with E-state index in [4.69, 9.17) is 15.1 Å². The fourth-order valence-electron chi connectivity index (χ4n) is 5.19. The number of hydrogen-bond acceptors (Lipinski definition) is 5. The van der Waals surface area contributed by atoms with Crippen LogP contribution in [-0.2, 0) is 11.2 Å². The van der Waals surface area contributed by atoms with Crippen molar-refractivity contribution in [1.82, 2.24) is 14.9 Å². The van der Waals surface area contributed by atoms with E-state index in [2.05, 4.69) is 17.0 Å². The van der Waals surface area contributed by atoms with E-state index in [1.165, 1.54) is 12.1 Å². The molecule has 9 heteroatoms. The number of fused-ring (bicyclic) bond motifs is 1. The van der Waals surface area contributed by atoms with Gasteiger partial charge >= 0.3 is 5.97 Å². The first-order chi connectivity index (χ1) is 19.8. The largest absolute Gasteiger partial charge is 0.481 e. The first kappa shape index (κ1) is 28.1. The van der Waals surface area contributed by atoms with E-state index in [0.717, 1.165) is 18.8 Å². The lowest BCUT2D eigenvalue weighted by Crippen LogP contribution is -2.48. The molecule has 1 aliphatic heterocycles. The maximum atomic E-state index is 13.4. The molecule has 212 valence electrons. The minimum absolute atomic E-state index is 0.0373. The van der Waals surface area contributed by atoms with Gasteiger partial charge in [-0.15, -0.1) is 0 Å². The smallest absolute Gasteiger partial charge is 0.303 e. The van der Waals surface area contributed by atoms with Crippen molar-refractivity contribution in [2.75, 3.05) is 31.1 Å². The second kappa shape index (κ2) is 12.4. The van der Waals surface area contributed by atoms with Gasteiger partial charge in [-0.05, 0) is 49.1 Å². The Morgan fingerprint density at radius 1 is 0.902 bits per heavy atom. The minimum Gasteiger partial charge on any atom is -0.481 e. The number of carboxylic acids is 1. The molecule has 0 spiro atoms. The summed E-state index contributed by atoms with van der Waals surface area (Å²) in [7, 11) is 0. The standard InChI is InChI=1S/C32H32F2N4O3/c1-21(19-29(39)40)7-13-27-30(22-8-10-23(11-9-22)31(33)34)36-26-14-12-24(20-28(26)35-27)32(41)38-17-15-37(16-18-38)25-5-3-2-4-6-25/h2-6,8-12,14,20-21,31H,7,13,15-19H2,1H3,(H,39,40). The van der Waals surface area contributed by atoms with Crippen LogP contribution in [-0.4, -0.2) is 58.0 Å². The van der Waals surface area contributed by atoms with Crippen LogP contribution in [0.15, 0.2) is 72.8 Å². The average molecular weight is 559 g/mol. The van der Waals surface area contributed by atoms with Gasteiger partial charge in [-0.2, -0.15) is 0 Å². The van der Waals surface area contributed by atoms with Gasteiger partial charge in [-0.25, -0.2) is 18.7 Å². The van der Waals surface area contributed by atoms with Gasteiger partial charge in [0.1, 0.15) is 0 Å². The molecule has 0 saturated carbocycles. The number of aromatic nitrogens is 2. The molecule has 1 atom stereocenters. The van der Waals surface area contributed by atoms with Crippen molar-refractivity contribution in [2.45, 2.75) is 32.6 Å². The summed E-state index contributed by atoms with van der Waals surface area (Å²) in [4.78, 5) is 38.4. The average Bonchev–Trinajstić information content (AvgIpc) is 2.99. The van der Waals surface area contributed by atoms with Crippen LogP contribution in [0.1, 0.15) is 47.8 Å². The van der Waals surface area contributed by atoms with Gasteiger partial charge in [0.05, 0.1) is 22.4 Å². The van der Waals surface area contributed by atoms with Gasteiger partial charge in [-0.1, -0.05) is 49.4 Å². The molecule has 2 heterocycles. The fourth-order valence-corrected chi connectivity index (χ4v) is 5.19. The number of amides is 1. The lowest BCUT2D eigenvalue weighted by molar-refractivity contribution is -0.138. The van der Waals surface area contributed by atoms with E-state index in [0.29, 0.717) is 59.5 Å². The number of aryl methyl sites for hydroxylation is 1. The van der Waals surface area contributed by atoms with Crippen molar-refractivity contribution in [3.05, 3.63) is 89.6 Å². The van der Waals surface area contributed by atoms with Crippen molar-refractivity contribution in [3.8, 4) is 11.3 Å². The van der Waals surface area contributed by atoms with E-state index < -0.39 is 12.4 Å². The molecule has 5 rings (SSSR count). The number of hydrogen-bond donors (Lipinski definition) is 1. The highest BCUT2D eigenvalue weighted by Crippen LogP contribution is 2.29. The van der Waals surface area contributed by atoms with Crippen LogP contribution in [0.4, 0.5) is 14.5 Å². The molecular formula is C32H32F2N4O3. The highest BCUT2D eigenvalue weighted by atomic mass is 19.3. The van der Waals surface area contributed by atoms with E-state index in [9.17, 15) is 18.4 Å². The van der Waals surface area contributed by atoms with E-state index in [-0.39, 0.29) is 23.8 Å². The molecule has 4 aromatic rings. The number of para-hydroxylation sites is 1. The highest BCUT2D eigenvalue weighted by molar-refractivity contribution is 5.97. The van der Waals surface area contributed by atoms with Crippen LogP contribution in [0.5, 0.6) is 0 Å². The lowest BCUT2D eigenvalue weighted by atomic mass is 9.98. The molecule has 0 bridgehead atoms. The Balaban J connectivity index is 1.40. The first-order valence-corrected chi connectivity index (χ1v) is 13.8. The third-order valence-electron chi connectivity index (χ3n) is 7.50. The third-order valence-corrected chi connectivity index (χ3v) is 7.50. The SMILES string of the molecule is CC(CCc1nc2cc(C(=O)N3CCN(c4ccccc4)CC3)ccc2nc1-c1ccc(C(F)F)cc1)CC(=O)O. The number of alkyl halides is 2. The number of piperazine rings is 1. The van der Waals surface area contributed by atoms with Crippen LogP contribution in [0, 0.1) is 5.92 Å². The number of carbonyl (C=O) groups is 2. The number of benzene rings is 3. The predicted molar refractivity (Wildman–Crippen MR) is 154 cm³/mol. The Bertz CT molecular complexity index is 1520. The monoisotopic (exact) mass is 558 g/mol. The zero-order valence-electron chi connectivity index (χ0n) is 22.8. The van der Waals surface area contributed by atoms with Gasteiger partial charge in [0, 0.05) is 55.0 Å². The quantitative estimate of drug-likeness (QED) is 0.262. The molecule has 0 aliphatic carbocycles. The Hall–Kier alpha value is -4.40. The van der Waals surface area contributed by atoms with E-state index in [1.807, 2.05) is 30.0 Å². The summed E-state index contributed by atoms with van der Waals surface area (Å²) >= 11 is 0. The van der Waals surface area contributed by atoms with Gasteiger partial charge in [0.15, 0.2) is 0 Å².